The summed E-state index contributed by atoms with van der Waals surface area (Å²) >= 11 is 0. The van der Waals surface area contributed by atoms with Gasteiger partial charge in [-0.1, -0.05) is 37.3 Å². The van der Waals surface area contributed by atoms with Gasteiger partial charge in [-0.15, -0.1) is 0 Å². The topological polar surface area (TPSA) is 29.5 Å². The largest absolute Gasteiger partial charge is 0.453 e. The summed E-state index contributed by atoms with van der Waals surface area (Å²) in [5, 5.41) is 0. The maximum atomic E-state index is 11.4. The Morgan fingerprint density at radius 2 is 2.00 bits per heavy atom. The molecular formula is C13H17NO2. The number of benzene rings is 1. The molecule has 0 aliphatic carbocycles. The van der Waals surface area contributed by atoms with Crippen LogP contribution in [0.1, 0.15) is 18.4 Å². The van der Waals surface area contributed by atoms with Crippen LogP contribution in [0.4, 0.5) is 4.79 Å². The highest BCUT2D eigenvalue weighted by molar-refractivity contribution is 5.68. The van der Waals surface area contributed by atoms with Crippen molar-refractivity contribution in [3.63, 3.8) is 0 Å². The Morgan fingerprint density at radius 1 is 1.31 bits per heavy atom. The van der Waals surface area contributed by atoms with Gasteiger partial charge in [0.05, 0.1) is 7.11 Å². The van der Waals surface area contributed by atoms with E-state index in [-0.39, 0.29) is 6.09 Å². The third-order valence-electron chi connectivity index (χ3n) is 3.27. The summed E-state index contributed by atoms with van der Waals surface area (Å²) in [6.07, 6.45) is -0.217. The van der Waals surface area contributed by atoms with Gasteiger partial charge in [0.2, 0.25) is 0 Å². The van der Waals surface area contributed by atoms with Crippen molar-refractivity contribution in [1.82, 2.24) is 4.90 Å². The molecule has 1 heterocycles. The fraction of sp³-hybridized carbons (Fsp3) is 0.462. The number of ether oxygens (including phenoxy) is 1. The Morgan fingerprint density at radius 3 is 2.62 bits per heavy atom. The van der Waals surface area contributed by atoms with E-state index >= 15 is 0 Å². The molecule has 0 saturated carbocycles. The molecule has 0 spiro atoms. The molecule has 16 heavy (non-hydrogen) atoms. The van der Waals surface area contributed by atoms with Gasteiger partial charge in [0.15, 0.2) is 0 Å². The summed E-state index contributed by atoms with van der Waals surface area (Å²) in [6.45, 7) is 3.73. The van der Waals surface area contributed by atoms with Crippen LogP contribution in [0, 0.1) is 5.92 Å². The molecule has 2 rings (SSSR count). The predicted octanol–water partition coefficient (Wildman–Crippen LogP) is 2.49. The van der Waals surface area contributed by atoms with Gasteiger partial charge in [-0.05, 0) is 11.5 Å². The van der Waals surface area contributed by atoms with Crippen LogP contribution < -0.4 is 0 Å². The van der Waals surface area contributed by atoms with Gasteiger partial charge in [0.25, 0.3) is 0 Å². The zero-order valence-corrected chi connectivity index (χ0v) is 9.72. The molecule has 1 amide bonds. The van der Waals surface area contributed by atoms with E-state index in [1.54, 1.807) is 4.90 Å². The molecule has 1 saturated heterocycles. The highest BCUT2D eigenvalue weighted by atomic mass is 16.5. The molecule has 3 heteroatoms. The predicted molar refractivity (Wildman–Crippen MR) is 62.3 cm³/mol. The first-order valence-corrected chi connectivity index (χ1v) is 5.60. The first kappa shape index (κ1) is 11.0. The van der Waals surface area contributed by atoms with Crippen molar-refractivity contribution >= 4 is 6.09 Å². The van der Waals surface area contributed by atoms with E-state index in [2.05, 4.69) is 19.1 Å². The average molecular weight is 219 g/mol. The quantitative estimate of drug-likeness (QED) is 0.726. The number of rotatable bonds is 1. The number of carbonyl (C=O) groups excluding carboxylic acids is 1. The van der Waals surface area contributed by atoms with Gasteiger partial charge in [-0.2, -0.15) is 0 Å². The summed E-state index contributed by atoms with van der Waals surface area (Å²) < 4.78 is 4.75. The van der Waals surface area contributed by atoms with E-state index in [1.807, 2.05) is 18.2 Å². The van der Waals surface area contributed by atoms with Crippen molar-refractivity contribution in [3.8, 4) is 0 Å². The number of hydrogen-bond donors (Lipinski definition) is 0. The first-order chi connectivity index (χ1) is 7.72. The Labute approximate surface area is 96.0 Å². The molecule has 1 fully saturated rings. The second-order valence-corrected chi connectivity index (χ2v) is 4.37. The standard InChI is InChI=1S/C13H17NO2/c1-10-8-14(13(15)16-2)9-12(10)11-6-4-3-5-7-11/h3-7,10,12H,8-9H2,1-2H3. The van der Waals surface area contributed by atoms with Gasteiger partial charge in [-0.25, -0.2) is 4.79 Å². The molecule has 1 aromatic rings. The zero-order chi connectivity index (χ0) is 11.5. The summed E-state index contributed by atoms with van der Waals surface area (Å²) in [5.41, 5.74) is 1.31. The molecule has 0 N–H and O–H groups in total. The number of likely N-dealkylation sites (tertiary alicyclic amines) is 1. The van der Waals surface area contributed by atoms with Crippen LogP contribution >= 0.6 is 0 Å². The normalized spacial score (nSPS) is 24.5. The highest BCUT2D eigenvalue weighted by Crippen LogP contribution is 2.32. The van der Waals surface area contributed by atoms with E-state index < -0.39 is 0 Å². The van der Waals surface area contributed by atoms with E-state index in [0.717, 1.165) is 13.1 Å². The van der Waals surface area contributed by atoms with Gasteiger partial charge in [0, 0.05) is 19.0 Å². The van der Waals surface area contributed by atoms with E-state index in [0.29, 0.717) is 11.8 Å². The number of carbonyl (C=O) groups is 1. The second kappa shape index (κ2) is 4.56. The van der Waals surface area contributed by atoms with Crippen molar-refractivity contribution in [2.24, 2.45) is 5.92 Å². The molecule has 3 nitrogen and oxygen atoms in total. The van der Waals surface area contributed by atoms with Crippen LogP contribution in [-0.4, -0.2) is 31.2 Å². The Kier molecular flexibility index (Phi) is 3.13. The minimum Gasteiger partial charge on any atom is -0.453 e. The molecule has 0 bridgehead atoms. The molecule has 1 aromatic carbocycles. The maximum Gasteiger partial charge on any atom is 0.409 e. The number of hydrogen-bond acceptors (Lipinski definition) is 2. The first-order valence-electron chi connectivity index (χ1n) is 5.60. The summed E-state index contributed by atoms with van der Waals surface area (Å²) in [6, 6.07) is 10.4. The number of nitrogens with zero attached hydrogens (tertiary/aromatic N) is 1. The fourth-order valence-corrected chi connectivity index (χ4v) is 2.38. The number of amides is 1. The Bertz CT molecular complexity index is 363. The summed E-state index contributed by atoms with van der Waals surface area (Å²) in [5.74, 6) is 0.918. The van der Waals surface area contributed by atoms with Crippen LogP contribution in [0.5, 0.6) is 0 Å². The Hall–Kier alpha value is -1.51. The van der Waals surface area contributed by atoms with Crippen LogP contribution in [-0.2, 0) is 4.74 Å². The van der Waals surface area contributed by atoms with E-state index in [9.17, 15) is 4.79 Å². The molecule has 86 valence electrons. The molecule has 0 radical (unpaired) electrons. The van der Waals surface area contributed by atoms with Crippen LogP contribution in [0.3, 0.4) is 0 Å². The van der Waals surface area contributed by atoms with E-state index in [4.69, 9.17) is 4.74 Å². The lowest BCUT2D eigenvalue weighted by Crippen LogP contribution is -2.28. The lowest BCUT2D eigenvalue weighted by molar-refractivity contribution is 0.131. The third-order valence-corrected chi connectivity index (χ3v) is 3.27. The van der Waals surface area contributed by atoms with Gasteiger partial charge in [-0.3, -0.25) is 0 Å². The van der Waals surface area contributed by atoms with Crippen molar-refractivity contribution in [2.45, 2.75) is 12.8 Å². The van der Waals surface area contributed by atoms with Crippen molar-refractivity contribution in [1.29, 1.82) is 0 Å². The zero-order valence-electron chi connectivity index (χ0n) is 9.72. The Balaban J connectivity index is 2.11. The summed E-state index contributed by atoms with van der Waals surface area (Å²) in [7, 11) is 1.43. The maximum absolute atomic E-state index is 11.4. The third kappa shape index (κ3) is 2.03. The lowest BCUT2D eigenvalue weighted by Gasteiger charge is -2.15. The minimum atomic E-state index is -0.217. The number of methoxy groups -OCH3 is 1. The SMILES string of the molecule is COC(=O)N1CC(C)C(c2ccccc2)C1. The van der Waals surface area contributed by atoms with Crippen LogP contribution in [0.25, 0.3) is 0 Å². The van der Waals surface area contributed by atoms with E-state index in [1.165, 1.54) is 12.7 Å². The fourth-order valence-electron chi connectivity index (χ4n) is 2.38. The summed E-state index contributed by atoms with van der Waals surface area (Å²) in [4.78, 5) is 13.2. The van der Waals surface area contributed by atoms with Gasteiger partial charge >= 0.3 is 6.09 Å². The molecule has 1 aliphatic heterocycles. The van der Waals surface area contributed by atoms with Crippen LogP contribution in [0.15, 0.2) is 30.3 Å². The molecule has 0 aromatic heterocycles. The average Bonchev–Trinajstić information content (AvgIpc) is 2.71. The lowest BCUT2D eigenvalue weighted by atomic mass is 9.90. The van der Waals surface area contributed by atoms with Crippen molar-refractivity contribution in [3.05, 3.63) is 35.9 Å². The van der Waals surface area contributed by atoms with Crippen molar-refractivity contribution < 1.29 is 9.53 Å². The van der Waals surface area contributed by atoms with Gasteiger partial charge < -0.3 is 9.64 Å². The second-order valence-electron chi connectivity index (χ2n) is 4.37. The monoisotopic (exact) mass is 219 g/mol. The highest BCUT2D eigenvalue weighted by Gasteiger charge is 2.33. The van der Waals surface area contributed by atoms with Crippen molar-refractivity contribution in [2.75, 3.05) is 20.2 Å². The molecular weight excluding hydrogens is 202 g/mol. The molecule has 2 unspecified atom stereocenters. The minimum absolute atomic E-state index is 0.217. The smallest absolute Gasteiger partial charge is 0.409 e. The van der Waals surface area contributed by atoms with Crippen LogP contribution in [0.2, 0.25) is 0 Å². The molecule has 1 aliphatic rings. The molecule has 2 atom stereocenters. The van der Waals surface area contributed by atoms with Gasteiger partial charge in [0.1, 0.15) is 0 Å².